The summed E-state index contributed by atoms with van der Waals surface area (Å²) in [6, 6.07) is 23.3. The average molecular weight is 514 g/mol. The number of amides is 1. The van der Waals surface area contributed by atoms with Crippen LogP contribution in [0.1, 0.15) is 58.5 Å². The second-order valence-electron chi connectivity index (χ2n) is 10.0. The van der Waals surface area contributed by atoms with E-state index < -0.39 is 0 Å². The first-order valence-electron chi connectivity index (χ1n) is 13.0. The summed E-state index contributed by atoms with van der Waals surface area (Å²) in [5.41, 5.74) is 4.45. The van der Waals surface area contributed by atoms with E-state index in [9.17, 15) is 9.18 Å². The Labute approximate surface area is 222 Å². The molecule has 0 bridgehead atoms. The number of aromatic nitrogens is 1. The fourth-order valence-corrected chi connectivity index (χ4v) is 4.79. The summed E-state index contributed by atoms with van der Waals surface area (Å²) < 4.78 is 26.1. The molecule has 2 heterocycles. The maximum Gasteiger partial charge on any atom is 0.273 e. The van der Waals surface area contributed by atoms with Gasteiger partial charge in [0.2, 0.25) is 5.89 Å². The van der Waals surface area contributed by atoms with Crippen LogP contribution in [0.15, 0.2) is 83.5 Å². The number of halogens is 1. The molecule has 3 aromatic carbocycles. The lowest BCUT2D eigenvalue weighted by atomic mass is 9.87. The minimum atomic E-state index is -0.261. The van der Waals surface area contributed by atoms with Gasteiger partial charge >= 0.3 is 0 Å². The highest BCUT2D eigenvalue weighted by Gasteiger charge is 2.29. The zero-order chi connectivity index (χ0) is 26.5. The Kier molecular flexibility index (Phi) is 7.84. The Morgan fingerprint density at radius 1 is 1.13 bits per heavy atom. The van der Waals surface area contributed by atoms with Gasteiger partial charge in [-0.2, -0.15) is 0 Å². The molecule has 1 aromatic heterocycles. The number of benzene rings is 3. The number of hydrogen-bond acceptors (Lipinski definition) is 5. The van der Waals surface area contributed by atoms with Crippen LogP contribution in [-0.4, -0.2) is 28.9 Å². The van der Waals surface area contributed by atoms with E-state index in [-0.39, 0.29) is 30.1 Å². The van der Waals surface area contributed by atoms with Crippen LogP contribution < -0.4 is 10.1 Å². The summed E-state index contributed by atoms with van der Waals surface area (Å²) in [7, 11) is 0. The van der Waals surface area contributed by atoms with E-state index in [1.807, 2.05) is 50.2 Å². The number of rotatable bonds is 9. The van der Waals surface area contributed by atoms with E-state index in [0.29, 0.717) is 36.2 Å². The van der Waals surface area contributed by atoms with E-state index in [2.05, 4.69) is 39.5 Å². The topological polar surface area (TPSA) is 67.6 Å². The molecule has 4 aromatic rings. The molecule has 5 rings (SSSR count). The van der Waals surface area contributed by atoms with Gasteiger partial charge in [-0.05, 0) is 47.2 Å². The summed E-state index contributed by atoms with van der Waals surface area (Å²) in [5.74, 6) is 0.910. The summed E-state index contributed by atoms with van der Waals surface area (Å²) in [6.07, 6.45) is 2.22. The van der Waals surface area contributed by atoms with Crippen LogP contribution in [0.3, 0.4) is 0 Å². The highest BCUT2D eigenvalue weighted by molar-refractivity contribution is 5.91. The third-order valence-electron chi connectivity index (χ3n) is 6.71. The van der Waals surface area contributed by atoms with Crippen LogP contribution >= 0.6 is 0 Å². The number of nitrogens with zero attached hydrogens (tertiary/aromatic N) is 2. The molecule has 7 heteroatoms. The SMILES string of the molecule is CC(C)CNC(=O)c1coc(COc2ccc3c(c2)[C@H](c2ccccc2)N(Cc2ccccc2F)CC3)n1. The average Bonchev–Trinajstić information content (AvgIpc) is 3.41. The minimum Gasteiger partial charge on any atom is -0.484 e. The molecule has 1 atom stereocenters. The van der Waals surface area contributed by atoms with Crippen molar-refractivity contribution in [3.63, 3.8) is 0 Å². The third-order valence-corrected chi connectivity index (χ3v) is 6.71. The molecule has 1 N–H and O–H groups in total. The van der Waals surface area contributed by atoms with E-state index in [1.54, 1.807) is 6.07 Å². The fourth-order valence-electron chi connectivity index (χ4n) is 4.79. The van der Waals surface area contributed by atoms with Gasteiger partial charge in [0.15, 0.2) is 12.3 Å². The smallest absolute Gasteiger partial charge is 0.273 e. The second kappa shape index (κ2) is 11.6. The number of carbonyl (C=O) groups is 1. The van der Waals surface area contributed by atoms with E-state index >= 15 is 0 Å². The molecule has 0 aliphatic carbocycles. The Balaban J connectivity index is 1.35. The van der Waals surface area contributed by atoms with Crippen LogP contribution in [0.2, 0.25) is 0 Å². The van der Waals surface area contributed by atoms with Crippen molar-refractivity contribution in [3.05, 3.63) is 119 Å². The molecular formula is C31H32FN3O3. The van der Waals surface area contributed by atoms with Crippen molar-refractivity contribution in [1.82, 2.24) is 15.2 Å². The van der Waals surface area contributed by atoms with Gasteiger partial charge in [0.25, 0.3) is 5.91 Å². The number of carbonyl (C=O) groups excluding carboxylic acids is 1. The van der Waals surface area contributed by atoms with Gasteiger partial charge in [-0.25, -0.2) is 9.37 Å². The lowest BCUT2D eigenvalue weighted by molar-refractivity contribution is 0.0944. The first-order chi connectivity index (χ1) is 18.5. The number of hydrogen-bond donors (Lipinski definition) is 1. The van der Waals surface area contributed by atoms with Gasteiger partial charge in [0.05, 0.1) is 6.04 Å². The zero-order valence-corrected chi connectivity index (χ0v) is 21.7. The maximum atomic E-state index is 14.5. The van der Waals surface area contributed by atoms with Crippen molar-refractivity contribution in [3.8, 4) is 5.75 Å². The van der Waals surface area contributed by atoms with E-state index in [1.165, 1.54) is 17.9 Å². The molecule has 1 amide bonds. The quantitative estimate of drug-likeness (QED) is 0.301. The molecule has 0 fully saturated rings. The number of nitrogens with one attached hydrogen (secondary N) is 1. The van der Waals surface area contributed by atoms with Crippen molar-refractivity contribution < 1.29 is 18.3 Å². The molecular weight excluding hydrogens is 481 g/mol. The largest absolute Gasteiger partial charge is 0.484 e. The molecule has 38 heavy (non-hydrogen) atoms. The van der Waals surface area contributed by atoms with Crippen LogP contribution in [0.25, 0.3) is 0 Å². The molecule has 0 radical (unpaired) electrons. The highest BCUT2D eigenvalue weighted by Crippen LogP contribution is 2.38. The van der Waals surface area contributed by atoms with Crippen molar-refractivity contribution in [2.75, 3.05) is 13.1 Å². The van der Waals surface area contributed by atoms with E-state index in [4.69, 9.17) is 9.15 Å². The van der Waals surface area contributed by atoms with Gasteiger partial charge in [0.1, 0.15) is 17.8 Å². The van der Waals surface area contributed by atoms with Gasteiger partial charge in [-0.1, -0.05) is 68.4 Å². The predicted molar refractivity (Wildman–Crippen MR) is 143 cm³/mol. The Morgan fingerprint density at radius 3 is 2.71 bits per heavy atom. The van der Waals surface area contributed by atoms with Crippen LogP contribution in [0, 0.1) is 11.7 Å². The van der Waals surface area contributed by atoms with Crippen LogP contribution in [0.4, 0.5) is 4.39 Å². The summed E-state index contributed by atoms with van der Waals surface area (Å²) in [6.45, 7) is 6.06. The van der Waals surface area contributed by atoms with Gasteiger partial charge < -0.3 is 14.5 Å². The normalized spacial score (nSPS) is 15.3. The molecule has 0 spiro atoms. The monoisotopic (exact) mass is 513 g/mol. The Bertz CT molecular complexity index is 1390. The second-order valence-corrected chi connectivity index (χ2v) is 10.0. The molecule has 0 unspecified atom stereocenters. The lowest BCUT2D eigenvalue weighted by Crippen LogP contribution is -2.36. The molecule has 196 valence electrons. The Hall–Kier alpha value is -3.97. The molecule has 6 nitrogen and oxygen atoms in total. The van der Waals surface area contributed by atoms with Gasteiger partial charge in [-0.15, -0.1) is 0 Å². The van der Waals surface area contributed by atoms with Crippen molar-refractivity contribution >= 4 is 5.91 Å². The van der Waals surface area contributed by atoms with Crippen LogP contribution in [-0.2, 0) is 19.6 Å². The third kappa shape index (κ3) is 5.94. The lowest BCUT2D eigenvalue weighted by Gasteiger charge is -2.38. The summed E-state index contributed by atoms with van der Waals surface area (Å²) in [4.78, 5) is 18.8. The van der Waals surface area contributed by atoms with Crippen molar-refractivity contribution in [1.29, 1.82) is 0 Å². The molecule has 0 saturated heterocycles. The van der Waals surface area contributed by atoms with Crippen molar-refractivity contribution in [2.24, 2.45) is 5.92 Å². The minimum absolute atomic E-state index is 0.0406. The van der Waals surface area contributed by atoms with Crippen molar-refractivity contribution in [2.45, 2.75) is 39.5 Å². The molecule has 0 saturated carbocycles. The van der Waals surface area contributed by atoms with Gasteiger partial charge in [-0.3, -0.25) is 9.69 Å². The number of fused-ring (bicyclic) bond motifs is 1. The summed E-state index contributed by atoms with van der Waals surface area (Å²) >= 11 is 0. The fraction of sp³-hybridized carbons (Fsp3) is 0.290. The molecule has 1 aliphatic rings. The first-order valence-corrected chi connectivity index (χ1v) is 13.0. The number of oxazole rings is 1. The first kappa shape index (κ1) is 25.7. The van der Waals surface area contributed by atoms with E-state index in [0.717, 1.165) is 24.1 Å². The van der Waals surface area contributed by atoms with Crippen LogP contribution in [0.5, 0.6) is 5.75 Å². The summed E-state index contributed by atoms with van der Waals surface area (Å²) in [5, 5.41) is 2.83. The standard InChI is InChI=1S/C31H32FN3O3/c1-21(2)17-33-31(36)28-19-38-29(34-28)20-37-25-13-12-22-14-15-35(18-24-10-6-7-11-27(24)32)30(26(22)16-25)23-8-4-3-5-9-23/h3-13,16,19,21,30H,14-15,17-18,20H2,1-2H3,(H,33,36)/t30-/m0/s1. The maximum absolute atomic E-state index is 14.5. The Morgan fingerprint density at radius 2 is 1.92 bits per heavy atom. The predicted octanol–water partition coefficient (Wildman–Crippen LogP) is 5.93. The number of ether oxygens (including phenoxy) is 1. The molecule has 1 aliphatic heterocycles. The zero-order valence-electron chi connectivity index (χ0n) is 21.7. The highest BCUT2D eigenvalue weighted by atomic mass is 19.1. The van der Waals surface area contributed by atoms with Gasteiger partial charge in [0, 0.05) is 25.2 Å².